The second kappa shape index (κ2) is 6.57. The summed E-state index contributed by atoms with van der Waals surface area (Å²) in [6.07, 6.45) is -0.558. The van der Waals surface area contributed by atoms with Crippen molar-refractivity contribution in [1.82, 2.24) is 0 Å². The van der Waals surface area contributed by atoms with Crippen LogP contribution in [0.3, 0.4) is 0 Å². The summed E-state index contributed by atoms with van der Waals surface area (Å²) < 4.78 is 18.9. The lowest BCUT2D eigenvalue weighted by Crippen LogP contribution is -2.26. The molecule has 1 aromatic carbocycles. The van der Waals surface area contributed by atoms with E-state index in [1.54, 1.807) is 25.1 Å². The molecule has 0 spiro atoms. The Hall–Kier alpha value is -1.13. The highest BCUT2D eigenvalue weighted by Gasteiger charge is 2.08. The molecule has 0 aromatic heterocycles. The summed E-state index contributed by atoms with van der Waals surface area (Å²) in [5.41, 5.74) is 0.997. The molecule has 0 saturated carbocycles. The van der Waals surface area contributed by atoms with E-state index in [1.807, 2.05) is 13.8 Å². The van der Waals surface area contributed by atoms with Gasteiger partial charge in [0.05, 0.1) is 24.5 Å². The maximum atomic E-state index is 13.6. The van der Waals surface area contributed by atoms with Crippen molar-refractivity contribution in [3.63, 3.8) is 0 Å². The van der Waals surface area contributed by atoms with Crippen LogP contribution in [-0.4, -0.2) is 30.5 Å². The third-order valence-electron chi connectivity index (χ3n) is 2.34. The highest BCUT2D eigenvalue weighted by Crippen LogP contribution is 2.16. The molecule has 1 aromatic rings. The first kappa shape index (κ1) is 13.9. The maximum absolute atomic E-state index is 13.6. The highest BCUT2D eigenvalue weighted by atomic mass is 19.1. The summed E-state index contributed by atoms with van der Waals surface area (Å²) in [6, 6.07) is 5.13. The fourth-order valence-electron chi connectivity index (χ4n) is 1.37. The third-order valence-corrected chi connectivity index (χ3v) is 2.34. The molecule has 3 nitrogen and oxygen atoms in total. The molecule has 1 unspecified atom stereocenters. The predicted octanol–water partition coefficient (Wildman–Crippen LogP) is 2.33. The molecule has 17 heavy (non-hydrogen) atoms. The van der Waals surface area contributed by atoms with Crippen molar-refractivity contribution in [3.05, 3.63) is 29.6 Å². The number of hydrogen-bond acceptors (Lipinski definition) is 3. The third kappa shape index (κ3) is 4.71. The second-order valence-electron chi connectivity index (χ2n) is 4.35. The number of nitrogens with one attached hydrogen (secondary N) is 1. The van der Waals surface area contributed by atoms with Crippen molar-refractivity contribution in [2.45, 2.75) is 33.0 Å². The van der Waals surface area contributed by atoms with E-state index in [0.717, 1.165) is 0 Å². The summed E-state index contributed by atoms with van der Waals surface area (Å²) in [5, 5.41) is 12.5. The zero-order chi connectivity index (χ0) is 12.8. The van der Waals surface area contributed by atoms with Crippen molar-refractivity contribution in [3.8, 4) is 0 Å². The van der Waals surface area contributed by atoms with E-state index in [-0.39, 0.29) is 25.1 Å². The van der Waals surface area contributed by atoms with Crippen LogP contribution in [0, 0.1) is 12.7 Å². The first-order valence-corrected chi connectivity index (χ1v) is 5.79. The van der Waals surface area contributed by atoms with Crippen LogP contribution in [0.4, 0.5) is 10.1 Å². The van der Waals surface area contributed by atoms with Gasteiger partial charge in [0.25, 0.3) is 0 Å². The van der Waals surface area contributed by atoms with E-state index >= 15 is 0 Å². The van der Waals surface area contributed by atoms with Gasteiger partial charge in [-0.25, -0.2) is 4.39 Å². The molecule has 1 rings (SSSR count). The van der Waals surface area contributed by atoms with Crippen LogP contribution in [0.5, 0.6) is 0 Å². The van der Waals surface area contributed by atoms with Crippen LogP contribution in [0.15, 0.2) is 18.2 Å². The molecule has 0 fully saturated rings. The zero-order valence-corrected chi connectivity index (χ0v) is 10.5. The van der Waals surface area contributed by atoms with Crippen molar-refractivity contribution in [2.24, 2.45) is 0 Å². The van der Waals surface area contributed by atoms with Gasteiger partial charge < -0.3 is 15.2 Å². The minimum atomic E-state index is -0.641. The van der Waals surface area contributed by atoms with Crippen molar-refractivity contribution < 1.29 is 14.2 Å². The lowest BCUT2D eigenvalue weighted by Gasteiger charge is -2.15. The van der Waals surface area contributed by atoms with E-state index in [0.29, 0.717) is 11.3 Å². The second-order valence-corrected chi connectivity index (χ2v) is 4.35. The van der Waals surface area contributed by atoms with Gasteiger partial charge in [-0.3, -0.25) is 0 Å². The van der Waals surface area contributed by atoms with Crippen LogP contribution in [0.1, 0.15) is 19.4 Å². The molecular formula is C13H20FNO2. The summed E-state index contributed by atoms with van der Waals surface area (Å²) in [4.78, 5) is 0. The molecule has 0 radical (unpaired) electrons. The van der Waals surface area contributed by atoms with Gasteiger partial charge in [-0.1, -0.05) is 12.1 Å². The van der Waals surface area contributed by atoms with E-state index in [2.05, 4.69) is 5.32 Å². The Morgan fingerprint density at radius 2 is 2.12 bits per heavy atom. The van der Waals surface area contributed by atoms with Crippen molar-refractivity contribution >= 4 is 5.69 Å². The van der Waals surface area contributed by atoms with E-state index in [9.17, 15) is 9.50 Å². The molecule has 0 aliphatic rings. The average Bonchev–Trinajstić information content (AvgIpc) is 2.28. The number of anilines is 1. The molecule has 1 atom stereocenters. The summed E-state index contributed by atoms with van der Waals surface area (Å²) in [6.45, 7) is 6.03. The minimum Gasteiger partial charge on any atom is -0.389 e. The SMILES string of the molecule is Cc1cccc(NCC(O)COC(C)C)c1F. The number of halogens is 1. The van der Waals surface area contributed by atoms with Gasteiger partial charge in [0, 0.05) is 6.54 Å². The van der Waals surface area contributed by atoms with Gasteiger partial charge in [-0.05, 0) is 32.4 Å². The van der Waals surface area contributed by atoms with Gasteiger partial charge >= 0.3 is 0 Å². The Morgan fingerprint density at radius 1 is 1.41 bits per heavy atom. The molecule has 0 amide bonds. The van der Waals surface area contributed by atoms with Gasteiger partial charge in [0.2, 0.25) is 0 Å². The molecule has 0 saturated heterocycles. The van der Waals surface area contributed by atoms with Gasteiger partial charge in [0.1, 0.15) is 5.82 Å². The number of benzene rings is 1. The summed E-state index contributed by atoms with van der Waals surface area (Å²) in [5.74, 6) is -0.274. The van der Waals surface area contributed by atoms with Crippen LogP contribution < -0.4 is 5.32 Å². The number of hydrogen-bond donors (Lipinski definition) is 2. The maximum Gasteiger partial charge on any atom is 0.149 e. The Labute approximate surface area is 102 Å². The molecule has 0 bridgehead atoms. The lowest BCUT2D eigenvalue weighted by atomic mass is 10.2. The summed E-state index contributed by atoms with van der Waals surface area (Å²) >= 11 is 0. The Morgan fingerprint density at radius 3 is 2.76 bits per heavy atom. The van der Waals surface area contributed by atoms with Crippen LogP contribution in [-0.2, 0) is 4.74 Å². The fourth-order valence-corrected chi connectivity index (χ4v) is 1.37. The highest BCUT2D eigenvalue weighted by molar-refractivity contribution is 5.47. The van der Waals surface area contributed by atoms with Gasteiger partial charge in [-0.15, -0.1) is 0 Å². The molecular weight excluding hydrogens is 221 g/mol. The van der Waals surface area contributed by atoms with Crippen LogP contribution >= 0.6 is 0 Å². The van der Waals surface area contributed by atoms with Gasteiger partial charge in [-0.2, -0.15) is 0 Å². The summed E-state index contributed by atoms with van der Waals surface area (Å²) in [7, 11) is 0. The van der Waals surface area contributed by atoms with E-state index in [4.69, 9.17) is 4.74 Å². The molecule has 4 heteroatoms. The largest absolute Gasteiger partial charge is 0.389 e. The Kier molecular flexibility index (Phi) is 5.38. The molecule has 96 valence electrons. The number of aryl methyl sites for hydroxylation is 1. The fraction of sp³-hybridized carbons (Fsp3) is 0.538. The Balaban J connectivity index is 2.42. The van der Waals surface area contributed by atoms with E-state index in [1.165, 1.54) is 0 Å². The molecule has 0 aliphatic heterocycles. The molecule has 0 heterocycles. The first-order chi connectivity index (χ1) is 8.00. The number of aliphatic hydroxyl groups excluding tert-OH is 1. The van der Waals surface area contributed by atoms with Crippen LogP contribution in [0.25, 0.3) is 0 Å². The van der Waals surface area contributed by atoms with Crippen LogP contribution in [0.2, 0.25) is 0 Å². The van der Waals surface area contributed by atoms with Crippen molar-refractivity contribution in [2.75, 3.05) is 18.5 Å². The number of aliphatic hydroxyl groups is 1. The quantitative estimate of drug-likeness (QED) is 0.803. The van der Waals surface area contributed by atoms with Gasteiger partial charge in [0.15, 0.2) is 0 Å². The first-order valence-electron chi connectivity index (χ1n) is 5.79. The topological polar surface area (TPSA) is 41.5 Å². The van der Waals surface area contributed by atoms with E-state index < -0.39 is 6.10 Å². The number of ether oxygens (including phenoxy) is 1. The zero-order valence-electron chi connectivity index (χ0n) is 10.5. The van der Waals surface area contributed by atoms with Crippen molar-refractivity contribution in [1.29, 1.82) is 0 Å². The average molecular weight is 241 g/mol. The monoisotopic (exact) mass is 241 g/mol. The standard InChI is InChI=1S/C13H20FNO2/c1-9(2)17-8-11(16)7-15-12-6-4-5-10(3)13(12)14/h4-6,9,11,15-16H,7-8H2,1-3H3. The minimum absolute atomic E-state index is 0.0837. The molecule has 0 aliphatic carbocycles. The normalized spacial score (nSPS) is 12.8. The molecule has 2 N–H and O–H groups in total. The lowest BCUT2D eigenvalue weighted by molar-refractivity contribution is 0.0112. The number of rotatable bonds is 6. The smallest absolute Gasteiger partial charge is 0.149 e. The Bertz CT molecular complexity index is 355. The predicted molar refractivity (Wildman–Crippen MR) is 66.7 cm³/mol.